The normalized spacial score (nSPS) is 21.8. The number of amides is 4. The van der Waals surface area contributed by atoms with E-state index in [1.54, 1.807) is 6.07 Å². The van der Waals surface area contributed by atoms with Crippen molar-refractivity contribution < 1.29 is 14.4 Å². The SMILES string of the molecule is O=C(Cn1c(=O)n(C2CCNCC2)c2ccccc21)Nc1ccc2c(c1)CC1(C2)NC(=O)NC1=O. The minimum Gasteiger partial charge on any atom is -0.325 e. The quantitative estimate of drug-likeness (QED) is 0.421. The maximum atomic E-state index is 13.4. The Balaban J connectivity index is 1.23. The monoisotopic (exact) mass is 474 g/mol. The predicted octanol–water partition coefficient (Wildman–Crippen LogP) is 1.04. The van der Waals surface area contributed by atoms with Gasteiger partial charge in [0, 0.05) is 24.6 Å². The number of aromatic nitrogens is 2. The van der Waals surface area contributed by atoms with Crippen LogP contribution < -0.4 is 27.0 Å². The van der Waals surface area contributed by atoms with Crippen LogP contribution in [0.15, 0.2) is 47.3 Å². The summed E-state index contributed by atoms with van der Waals surface area (Å²) in [5, 5.41) is 11.3. The molecule has 10 nitrogen and oxygen atoms in total. The molecule has 180 valence electrons. The second kappa shape index (κ2) is 8.09. The average molecular weight is 475 g/mol. The average Bonchev–Trinajstić information content (AvgIpc) is 3.44. The Morgan fingerprint density at radius 2 is 1.74 bits per heavy atom. The van der Waals surface area contributed by atoms with Gasteiger partial charge < -0.3 is 16.0 Å². The molecule has 0 bridgehead atoms. The van der Waals surface area contributed by atoms with E-state index in [1.807, 2.05) is 41.0 Å². The number of carbonyl (C=O) groups excluding carboxylic acids is 3. The lowest BCUT2D eigenvalue weighted by Gasteiger charge is -2.23. The first kappa shape index (κ1) is 21.6. The number of fused-ring (bicyclic) bond motifs is 2. The molecule has 4 N–H and O–H groups in total. The fraction of sp³-hybridized carbons (Fsp3) is 0.360. The van der Waals surface area contributed by atoms with E-state index in [2.05, 4.69) is 21.3 Å². The molecule has 0 saturated carbocycles. The molecule has 35 heavy (non-hydrogen) atoms. The molecule has 3 heterocycles. The van der Waals surface area contributed by atoms with Crippen LogP contribution in [0.4, 0.5) is 10.5 Å². The van der Waals surface area contributed by atoms with Crippen molar-refractivity contribution in [3.05, 3.63) is 64.1 Å². The number of nitrogens with one attached hydrogen (secondary N) is 4. The first-order valence-corrected chi connectivity index (χ1v) is 11.9. The van der Waals surface area contributed by atoms with E-state index >= 15 is 0 Å². The summed E-state index contributed by atoms with van der Waals surface area (Å²) in [6.07, 6.45) is 2.52. The summed E-state index contributed by atoms with van der Waals surface area (Å²) in [5.74, 6) is -0.631. The predicted molar refractivity (Wildman–Crippen MR) is 129 cm³/mol. The standard InChI is InChI=1S/C25H26N6O4/c32-21(27-17-6-5-15-12-25(13-16(15)11-17)22(33)28-23(34)29-25)14-30-19-3-1-2-4-20(19)31(24(30)35)18-7-9-26-10-8-18/h1-6,11,18,26H,7-10,12-14H2,(H,27,32)(H2,28,29,33,34). The van der Waals surface area contributed by atoms with Gasteiger partial charge in [-0.05, 0) is 61.3 Å². The molecule has 2 fully saturated rings. The third kappa shape index (κ3) is 3.61. The van der Waals surface area contributed by atoms with Gasteiger partial charge in [-0.1, -0.05) is 18.2 Å². The molecule has 1 spiro atoms. The number of urea groups is 1. The van der Waals surface area contributed by atoms with Crippen molar-refractivity contribution in [3.63, 3.8) is 0 Å². The van der Waals surface area contributed by atoms with Gasteiger partial charge in [-0.25, -0.2) is 9.59 Å². The lowest BCUT2D eigenvalue weighted by Crippen LogP contribution is -2.47. The van der Waals surface area contributed by atoms with Crippen molar-refractivity contribution in [2.75, 3.05) is 18.4 Å². The Morgan fingerprint density at radius 1 is 1.00 bits per heavy atom. The molecule has 2 aromatic carbocycles. The van der Waals surface area contributed by atoms with Crippen LogP contribution in [0.2, 0.25) is 0 Å². The van der Waals surface area contributed by atoms with E-state index in [0.717, 1.165) is 48.1 Å². The number of hydrogen-bond acceptors (Lipinski definition) is 5. The second-order valence-electron chi connectivity index (χ2n) is 9.58. The Kier molecular flexibility index (Phi) is 4.99. The molecule has 3 aliphatic rings. The number of piperidine rings is 1. The van der Waals surface area contributed by atoms with Crippen LogP contribution in [0.1, 0.15) is 30.0 Å². The zero-order valence-corrected chi connectivity index (χ0v) is 19.1. The fourth-order valence-electron chi connectivity index (χ4n) is 5.68. The van der Waals surface area contributed by atoms with Crippen molar-refractivity contribution in [2.24, 2.45) is 0 Å². The first-order valence-electron chi connectivity index (χ1n) is 11.9. The van der Waals surface area contributed by atoms with Crippen LogP contribution in [0.5, 0.6) is 0 Å². The number of imidazole rings is 1. The molecule has 0 radical (unpaired) electrons. The highest BCUT2D eigenvalue weighted by Gasteiger charge is 2.50. The van der Waals surface area contributed by atoms with Crippen molar-refractivity contribution >= 4 is 34.6 Å². The molecule has 6 rings (SSSR count). The van der Waals surface area contributed by atoms with Gasteiger partial charge in [0.25, 0.3) is 5.91 Å². The van der Waals surface area contributed by atoms with Gasteiger partial charge in [0.15, 0.2) is 0 Å². The number of anilines is 1. The van der Waals surface area contributed by atoms with Crippen molar-refractivity contribution in [1.82, 2.24) is 25.1 Å². The molecule has 10 heteroatoms. The topological polar surface area (TPSA) is 126 Å². The highest BCUT2D eigenvalue weighted by Crippen LogP contribution is 2.34. The number of imide groups is 1. The molecule has 1 aromatic heterocycles. The van der Waals surface area contributed by atoms with Gasteiger partial charge in [-0.3, -0.25) is 24.0 Å². The number of carbonyl (C=O) groups is 3. The molecule has 2 aliphatic heterocycles. The number of benzene rings is 2. The Bertz CT molecular complexity index is 1430. The van der Waals surface area contributed by atoms with Crippen LogP contribution in [0.3, 0.4) is 0 Å². The van der Waals surface area contributed by atoms with Crippen LogP contribution in [-0.4, -0.2) is 45.6 Å². The van der Waals surface area contributed by atoms with Gasteiger partial charge in [0.1, 0.15) is 12.1 Å². The lowest BCUT2D eigenvalue weighted by atomic mass is 9.96. The molecule has 1 aliphatic carbocycles. The van der Waals surface area contributed by atoms with E-state index in [4.69, 9.17) is 0 Å². The summed E-state index contributed by atoms with van der Waals surface area (Å²) in [7, 11) is 0. The number of rotatable bonds is 4. The Morgan fingerprint density at radius 3 is 2.49 bits per heavy atom. The van der Waals surface area contributed by atoms with E-state index in [-0.39, 0.29) is 30.1 Å². The smallest absolute Gasteiger partial charge is 0.325 e. The third-order valence-electron chi connectivity index (χ3n) is 7.33. The molecule has 1 unspecified atom stereocenters. The van der Waals surface area contributed by atoms with Crippen LogP contribution in [-0.2, 0) is 29.0 Å². The lowest BCUT2D eigenvalue weighted by molar-refractivity contribution is -0.123. The highest BCUT2D eigenvalue weighted by atomic mass is 16.2. The molecular weight excluding hydrogens is 448 g/mol. The highest BCUT2D eigenvalue weighted by molar-refractivity contribution is 6.08. The van der Waals surface area contributed by atoms with Crippen molar-refractivity contribution in [3.8, 4) is 0 Å². The molecular formula is C25H26N6O4. The third-order valence-corrected chi connectivity index (χ3v) is 7.33. The summed E-state index contributed by atoms with van der Waals surface area (Å²) in [5.41, 5.74) is 2.91. The Labute approximate surface area is 200 Å². The van der Waals surface area contributed by atoms with E-state index in [1.165, 1.54) is 4.57 Å². The van der Waals surface area contributed by atoms with Crippen LogP contribution in [0, 0.1) is 0 Å². The summed E-state index contributed by atoms with van der Waals surface area (Å²) < 4.78 is 3.37. The maximum Gasteiger partial charge on any atom is 0.329 e. The largest absolute Gasteiger partial charge is 0.329 e. The van der Waals surface area contributed by atoms with Crippen LogP contribution in [0.25, 0.3) is 11.0 Å². The zero-order valence-electron chi connectivity index (χ0n) is 19.1. The van der Waals surface area contributed by atoms with Gasteiger partial charge in [-0.2, -0.15) is 0 Å². The number of nitrogens with zero attached hydrogens (tertiary/aromatic N) is 2. The first-order chi connectivity index (χ1) is 16.9. The van der Waals surface area contributed by atoms with E-state index in [0.29, 0.717) is 18.5 Å². The Hall–Kier alpha value is -3.92. The van der Waals surface area contributed by atoms with Crippen molar-refractivity contribution in [2.45, 2.75) is 43.8 Å². The number of para-hydroxylation sites is 2. The van der Waals surface area contributed by atoms with Gasteiger partial charge in [0.2, 0.25) is 5.91 Å². The zero-order chi connectivity index (χ0) is 24.2. The molecule has 3 aromatic rings. The summed E-state index contributed by atoms with van der Waals surface area (Å²) in [6.45, 7) is 1.63. The van der Waals surface area contributed by atoms with Gasteiger partial charge in [-0.15, -0.1) is 0 Å². The molecule has 4 amide bonds. The van der Waals surface area contributed by atoms with E-state index < -0.39 is 11.6 Å². The minimum absolute atomic E-state index is 0.100. The second-order valence-corrected chi connectivity index (χ2v) is 9.58. The maximum absolute atomic E-state index is 13.4. The van der Waals surface area contributed by atoms with E-state index in [9.17, 15) is 19.2 Å². The number of hydrogen-bond donors (Lipinski definition) is 4. The van der Waals surface area contributed by atoms with Gasteiger partial charge in [0.05, 0.1) is 11.0 Å². The fourth-order valence-corrected chi connectivity index (χ4v) is 5.68. The summed E-state index contributed by atoms with van der Waals surface area (Å²) >= 11 is 0. The molecule has 1 atom stereocenters. The summed E-state index contributed by atoms with van der Waals surface area (Å²) in [6, 6.07) is 12.7. The molecule has 2 saturated heterocycles. The minimum atomic E-state index is -0.953. The van der Waals surface area contributed by atoms with Gasteiger partial charge >= 0.3 is 11.7 Å². The van der Waals surface area contributed by atoms with Crippen LogP contribution >= 0.6 is 0 Å². The van der Waals surface area contributed by atoms with Crippen molar-refractivity contribution in [1.29, 1.82) is 0 Å². The summed E-state index contributed by atoms with van der Waals surface area (Å²) in [4.78, 5) is 50.3.